The van der Waals surface area contributed by atoms with Gasteiger partial charge in [-0.05, 0) is 36.4 Å². The Balaban J connectivity index is 0.00000104. The molecule has 10 heteroatoms. The van der Waals surface area contributed by atoms with Crippen molar-refractivity contribution >= 4 is 34.9 Å². The summed E-state index contributed by atoms with van der Waals surface area (Å²) in [5, 5.41) is 12.2. The topological polar surface area (TPSA) is 145 Å². The van der Waals surface area contributed by atoms with E-state index in [1.807, 2.05) is 0 Å². The molecule has 0 radical (unpaired) electrons. The standard InChI is InChI=1S/C15H13NO4.Al.ClO3/c1-10(17)16-11-6-8-12(9-7-11)20-15(19)13-4-2-3-5-14(13)18;;2-1(3)4/h2-9,18H,1H3,(H,16,17);;/q;+3;-1. The minimum absolute atomic E-state index is 0. The maximum Gasteiger partial charge on any atom is 3.00 e. The Bertz CT molecular complexity index is 692. The quantitative estimate of drug-likeness (QED) is 0.378. The molecule has 2 aromatic rings. The number of para-hydroxylation sites is 1. The van der Waals surface area contributed by atoms with Crippen molar-refractivity contribution in [3.05, 3.63) is 54.1 Å². The minimum Gasteiger partial charge on any atom is -0.507 e. The molecule has 25 heavy (non-hydrogen) atoms. The van der Waals surface area contributed by atoms with Gasteiger partial charge in [-0.2, -0.15) is 0 Å². The molecule has 0 aromatic heterocycles. The molecule has 0 unspecified atom stereocenters. The molecule has 0 saturated heterocycles. The number of aromatic hydroxyl groups is 1. The third kappa shape index (κ3) is 9.07. The van der Waals surface area contributed by atoms with Gasteiger partial charge in [0.25, 0.3) is 0 Å². The Hall–Kier alpha value is -2.12. The molecule has 0 heterocycles. The summed E-state index contributed by atoms with van der Waals surface area (Å²) in [6.07, 6.45) is 0. The van der Waals surface area contributed by atoms with Gasteiger partial charge >= 0.3 is 23.3 Å². The Morgan fingerprint density at radius 1 is 1.04 bits per heavy atom. The third-order valence-corrected chi connectivity index (χ3v) is 2.51. The fraction of sp³-hybridized carbons (Fsp3) is 0.0667. The van der Waals surface area contributed by atoms with Crippen LogP contribution >= 0.6 is 0 Å². The molecule has 0 atom stereocenters. The van der Waals surface area contributed by atoms with Crippen molar-refractivity contribution in [2.45, 2.75) is 6.92 Å². The first-order valence-corrected chi connectivity index (χ1v) is 7.33. The van der Waals surface area contributed by atoms with Gasteiger partial charge in [0.1, 0.15) is 17.1 Å². The fourth-order valence-electron chi connectivity index (χ4n) is 1.62. The van der Waals surface area contributed by atoms with Crippen LogP contribution in [0.5, 0.6) is 11.5 Å². The van der Waals surface area contributed by atoms with Crippen molar-refractivity contribution in [1.82, 2.24) is 0 Å². The predicted octanol–water partition coefficient (Wildman–Crippen LogP) is -1.38. The number of carbonyl (C=O) groups excluding carboxylic acids is 2. The zero-order valence-corrected chi connectivity index (χ0v) is 14.9. The van der Waals surface area contributed by atoms with E-state index in [1.165, 1.54) is 19.1 Å². The van der Waals surface area contributed by atoms with Crippen LogP contribution in [0, 0.1) is 10.8 Å². The molecular weight excluding hydrogens is 369 g/mol. The molecule has 2 N–H and O–H groups in total. The van der Waals surface area contributed by atoms with E-state index >= 15 is 0 Å². The molecule has 0 saturated carbocycles. The number of nitrogens with one attached hydrogen (secondary N) is 1. The van der Waals surface area contributed by atoms with Gasteiger partial charge in [0.15, 0.2) is 0 Å². The summed E-state index contributed by atoms with van der Waals surface area (Å²) in [5.74, 6) is -0.626. The molecule has 2 rings (SSSR count). The summed E-state index contributed by atoms with van der Waals surface area (Å²) >= 11 is 0. The number of anilines is 1. The van der Waals surface area contributed by atoms with Crippen LogP contribution in [0.2, 0.25) is 0 Å². The van der Waals surface area contributed by atoms with Crippen LogP contribution in [-0.2, 0) is 4.79 Å². The van der Waals surface area contributed by atoms with Gasteiger partial charge in [-0.1, -0.05) is 12.1 Å². The molecule has 2 aromatic carbocycles. The monoisotopic (exact) mass is 381 g/mol. The van der Waals surface area contributed by atoms with E-state index in [0.717, 1.165) is 0 Å². The van der Waals surface area contributed by atoms with Crippen molar-refractivity contribution in [3.63, 3.8) is 0 Å². The number of phenols is 1. The second-order valence-corrected chi connectivity index (χ2v) is 4.68. The first kappa shape index (κ1) is 22.9. The van der Waals surface area contributed by atoms with E-state index < -0.39 is 16.8 Å². The normalized spacial score (nSPS) is 9.32. The van der Waals surface area contributed by atoms with E-state index in [0.29, 0.717) is 11.4 Å². The summed E-state index contributed by atoms with van der Waals surface area (Å²) in [7, 11) is -2.85. The number of benzene rings is 2. The summed E-state index contributed by atoms with van der Waals surface area (Å²) in [4.78, 5) is 22.7. The minimum atomic E-state index is -2.85. The third-order valence-electron chi connectivity index (χ3n) is 2.51. The Morgan fingerprint density at radius 3 is 2.04 bits per heavy atom. The smallest absolute Gasteiger partial charge is 0.507 e. The molecule has 8 nitrogen and oxygen atoms in total. The van der Waals surface area contributed by atoms with Crippen molar-refractivity contribution in [1.29, 1.82) is 0 Å². The number of hydrogen-bond acceptors (Lipinski definition) is 7. The van der Waals surface area contributed by atoms with E-state index in [4.69, 9.17) is 18.7 Å². The number of halogens is 1. The van der Waals surface area contributed by atoms with Gasteiger partial charge in [-0.25, -0.2) is 4.79 Å². The maximum absolute atomic E-state index is 11.8. The SMILES string of the molecule is CC(=O)Nc1ccc(OC(=O)c2ccccc2O)cc1.[Al+3].[O-][Cl+2]([O-])[O-]. The molecular formula is C15H13AlClNO7+2. The summed E-state index contributed by atoms with van der Waals surface area (Å²) in [6.45, 7) is 1.41. The number of ether oxygens (including phenoxy) is 1. The van der Waals surface area contributed by atoms with Crippen molar-refractivity contribution in [3.8, 4) is 11.5 Å². The van der Waals surface area contributed by atoms with E-state index in [9.17, 15) is 14.7 Å². The van der Waals surface area contributed by atoms with Crippen LogP contribution in [-0.4, -0.2) is 34.3 Å². The van der Waals surface area contributed by atoms with Crippen LogP contribution in [0.15, 0.2) is 48.5 Å². The van der Waals surface area contributed by atoms with E-state index in [1.54, 1.807) is 36.4 Å². The average Bonchev–Trinajstić information content (AvgIpc) is 2.48. The Kier molecular flexibility index (Phi) is 10.5. The molecule has 0 aliphatic rings. The first-order chi connectivity index (χ1) is 11.3. The molecule has 0 aliphatic carbocycles. The summed E-state index contributed by atoms with van der Waals surface area (Å²) in [5.41, 5.74) is 0.707. The van der Waals surface area contributed by atoms with Gasteiger partial charge in [0, 0.05) is 12.6 Å². The second-order valence-electron chi connectivity index (χ2n) is 4.30. The number of amides is 1. The van der Waals surface area contributed by atoms with Crippen LogP contribution in [0.3, 0.4) is 0 Å². The van der Waals surface area contributed by atoms with Gasteiger partial charge in [0.2, 0.25) is 5.91 Å². The zero-order chi connectivity index (χ0) is 18.1. The van der Waals surface area contributed by atoms with Crippen LogP contribution in [0.1, 0.15) is 17.3 Å². The predicted molar refractivity (Wildman–Crippen MR) is 79.6 cm³/mol. The maximum atomic E-state index is 11.8. The van der Waals surface area contributed by atoms with E-state index in [-0.39, 0.29) is 34.6 Å². The molecule has 0 aliphatic heterocycles. The summed E-state index contributed by atoms with van der Waals surface area (Å²) in [6, 6.07) is 12.5. The van der Waals surface area contributed by atoms with E-state index in [2.05, 4.69) is 5.32 Å². The van der Waals surface area contributed by atoms with Gasteiger partial charge in [0.05, 0.1) is 10.8 Å². The number of hydrogen-bond donors (Lipinski definition) is 2. The number of carbonyl (C=O) groups is 2. The molecule has 0 bridgehead atoms. The largest absolute Gasteiger partial charge is 3.00 e. The average molecular weight is 382 g/mol. The van der Waals surface area contributed by atoms with Crippen molar-refractivity contribution < 1.29 is 44.2 Å². The first-order valence-electron chi connectivity index (χ1n) is 6.40. The molecule has 0 fully saturated rings. The Labute approximate surface area is 157 Å². The molecule has 0 spiro atoms. The summed E-state index contributed by atoms with van der Waals surface area (Å²) < 4.78 is 30.4. The number of phenolic OH excluding ortho intramolecular Hbond substituents is 1. The van der Waals surface area contributed by atoms with Crippen LogP contribution in [0.4, 0.5) is 5.69 Å². The van der Waals surface area contributed by atoms with Crippen LogP contribution in [0.25, 0.3) is 0 Å². The van der Waals surface area contributed by atoms with Gasteiger partial charge in [-0.15, -0.1) is 0 Å². The zero-order valence-electron chi connectivity index (χ0n) is 13.0. The fourth-order valence-corrected chi connectivity index (χ4v) is 1.62. The van der Waals surface area contributed by atoms with Crippen LogP contribution < -0.4 is 24.0 Å². The Morgan fingerprint density at radius 2 is 1.56 bits per heavy atom. The second kappa shape index (κ2) is 11.4. The number of esters is 1. The van der Waals surface area contributed by atoms with Crippen molar-refractivity contribution in [2.75, 3.05) is 5.32 Å². The van der Waals surface area contributed by atoms with Crippen molar-refractivity contribution in [2.24, 2.45) is 0 Å². The number of rotatable bonds is 3. The molecule has 1 amide bonds. The van der Waals surface area contributed by atoms with Gasteiger partial charge in [-0.3, -0.25) is 4.79 Å². The van der Waals surface area contributed by atoms with Gasteiger partial charge < -0.3 is 29.1 Å². The molecule has 128 valence electrons.